The van der Waals surface area contributed by atoms with Crippen molar-refractivity contribution >= 4 is 28.9 Å². The molecule has 5 heteroatoms. The first-order chi connectivity index (χ1) is 6.98. The van der Waals surface area contributed by atoms with Gasteiger partial charge in [-0.05, 0) is 53.2 Å². The number of hydrogen-bond acceptors (Lipinski definition) is 2. The molecule has 2 nitrogen and oxygen atoms in total. The zero-order chi connectivity index (χ0) is 11.5. The molecular formula is C10H15O2PS2. The largest absolute Gasteiger partial charge is 0.337 e. The molecule has 0 bridgehead atoms. The lowest BCUT2D eigenvalue weighted by atomic mass is 10.0. The predicted molar refractivity (Wildman–Crippen MR) is 69.8 cm³/mol. The number of rotatable bonds is 4. The number of benzene rings is 1. The fraction of sp³-hybridized carbons (Fsp3) is 0.400. The molecule has 0 radical (unpaired) electrons. The van der Waals surface area contributed by atoms with E-state index in [1.54, 1.807) is 0 Å². The van der Waals surface area contributed by atoms with Gasteiger partial charge in [-0.15, -0.1) is 0 Å². The van der Waals surface area contributed by atoms with E-state index in [-0.39, 0.29) is 0 Å². The lowest BCUT2D eigenvalue weighted by Gasteiger charge is -2.13. The number of hydrogen-bond donors (Lipinski definition) is 2. The maximum absolute atomic E-state index is 9.30. The van der Waals surface area contributed by atoms with Crippen molar-refractivity contribution in [3.63, 3.8) is 0 Å². The molecule has 1 aromatic carbocycles. The van der Waals surface area contributed by atoms with E-state index in [2.05, 4.69) is 31.7 Å². The van der Waals surface area contributed by atoms with Crippen molar-refractivity contribution in [1.29, 1.82) is 0 Å². The molecule has 0 atom stereocenters. The molecule has 0 amide bonds. The summed E-state index contributed by atoms with van der Waals surface area (Å²) in [4.78, 5) is 19.5. The molecule has 0 spiro atoms. The van der Waals surface area contributed by atoms with Crippen LogP contribution < -0.4 is 0 Å². The Hall–Kier alpha value is 0.140. The molecule has 0 unspecified atom stereocenters. The molecule has 2 N–H and O–H groups in total. The summed E-state index contributed by atoms with van der Waals surface area (Å²) < 4.78 is 0. The Balaban J connectivity index is 3.12. The zero-order valence-electron chi connectivity index (χ0n) is 8.80. The minimum Gasteiger partial charge on any atom is -0.337 e. The molecule has 0 saturated heterocycles. The Morgan fingerprint density at radius 1 is 1.27 bits per heavy atom. The van der Waals surface area contributed by atoms with Gasteiger partial charge in [-0.25, -0.2) is 0 Å². The van der Waals surface area contributed by atoms with E-state index in [1.165, 1.54) is 11.1 Å². The molecule has 0 aliphatic carbocycles. The van der Waals surface area contributed by atoms with E-state index in [0.717, 1.165) is 29.1 Å². The molecule has 0 aliphatic rings. The van der Waals surface area contributed by atoms with Gasteiger partial charge >= 0.3 is 0 Å². The van der Waals surface area contributed by atoms with Crippen LogP contribution in [-0.4, -0.2) is 9.79 Å². The molecular weight excluding hydrogens is 247 g/mol. The first-order valence-electron chi connectivity index (χ1n) is 4.83. The fourth-order valence-electron chi connectivity index (χ4n) is 1.56. The molecule has 0 heterocycles. The van der Waals surface area contributed by atoms with Crippen LogP contribution >= 0.6 is 17.1 Å². The summed E-state index contributed by atoms with van der Waals surface area (Å²) in [5.41, 5.74) is -0.770. The molecule has 0 saturated carbocycles. The van der Waals surface area contributed by atoms with Gasteiger partial charge in [0.15, 0.2) is 0 Å². The molecule has 1 aromatic rings. The Morgan fingerprint density at radius 2 is 1.93 bits per heavy atom. The van der Waals surface area contributed by atoms with Gasteiger partial charge in [-0.1, -0.05) is 26.0 Å². The van der Waals surface area contributed by atoms with Crippen molar-refractivity contribution in [2.45, 2.75) is 31.6 Å². The summed E-state index contributed by atoms with van der Waals surface area (Å²) in [6.07, 6.45) is 1.85. The van der Waals surface area contributed by atoms with Crippen LogP contribution in [0.2, 0.25) is 0 Å². The van der Waals surface area contributed by atoms with Crippen LogP contribution in [0.15, 0.2) is 23.1 Å². The van der Waals surface area contributed by atoms with E-state index in [9.17, 15) is 9.79 Å². The van der Waals surface area contributed by atoms with E-state index in [1.807, 2.05) is 12.1 Å². The van der Waals surface area contributed by atoms with Crippen molar-refractivity contribution in [2.24, 2.45) is 0 Å². The minimum absolute atomic E-state index is 0.891. The summed E-state index contributed by atoms with van der Waals surface area (Å²) in [5.74, 6) is 0. The molecule has 0 fully saturated rings. The summed E-state index contributed by atoms with van der Waals surface area (Å²) in [6, 6.07) is 5.91. The molecule has 0 aliphatic heterocycles. The summed E-state index contributed by atoms with van der Waals surface area (Å²) in [6.45, 7) is 4.16. The Kier molecular flexibility index (Phi) is 4.81. The van der Waals surface area contributed by atoms with Crippen molar-refractivity contribution in [2.75, 3.05) is 0 Å². The summed E-state index contributed by atoms with van der Waals surface area (Å²) >= 11 is 5.66. The second kappa shape index (κ2) is 5.46. The monoisotopic (exact) mass is 262 g/mol. The van der Waals surface area contributed by atoms with Gasteiger partial charge in [0.1, 0.15) is 0 Å². The molecule has 84 valence electrons. The molecule has 1 rings (SSSR count). The third kappa shape index (κ3) is 3.89. The van der Waals surface area contributed by atoms with E-state index in [0.29, 0.717) is 0 Å². The lowest BCUT2D eigenvalue weighted by Crippen LogP contribution is -1.93. The number of aryl methyl sites for hydroxylation is 1. The van der Waals surface area contributed by atoms with Gasteiger partial charge in [-0.2, -0.15) is 0 Å². The van der Waals surface area contributed by atoms with Crippen LogP contribution in [0.3, 0.4) is 0 Å². The molecule has 15 heavy (non-hydrogen) atoms. The highest BCUT2D eigenvalue weighted by Crippen LogP contribution is 2.55. The van der Waals surface area contributed by atoms with E-state index in [4.69, 9.17) is 0 Å². The lowest BCUT2D eigenvalue weighted by molar-refractivity contribution is 0.502. The Labute approximate surface area is 99.6 Å². The smallest absolute Gasteiger partial charge is 0.246 e. The second-order valence-electron chi connectivity index (χ2n) is 3.18. The minimum atomic E-state index is -3.21. The van der Waals surface area contributed by atoms with Crippen LogP contribution in [-0.2, 0) is 24.6 Å². The Morgan fingerprint density at radius 3 is 2.40 bits per heavy atom. The Bertz CT molecular complexity index is 387. The third-order valence-corrected chi connectivity index (χ3v) is 4.97. The first kappa shape index (κ1) is 13.2. The van der Waals surface area contributed by atoms with Crippen molar-refractivity contribution in [3.05, 3.63) is 29.3 Å². The SMILES string of the molecule is CCc1cccc(SP(O)(O)=S)c1CC. The van der Waals surface area contributed by atoms with Crippen LogP contribution in [0.1, 0.15) is 25.0 Å². The first-order valence-corrected chi connectivity index (χ1v) is 8.96. The van der Waals surface area contributed by atoms with Crippen LogP contribution in [0.5, 0.6) is 0 Å². The average Bonchev–Trinajstić information content (AvgIpc) is 2.15. The van der Waals surface area contributed by atoms with Gasteiger partial charge in [0.25, 0.3) is 0 Å². The van der Waals surface area contributed by atoms with Crippen molar-refractivity contribution in [3.8, 4) is 0 Å². The fourth-order valence-corrected chi connectivity index (χ4v) is 4.34. The van der Waals surface area contributed by atoms with Gasteiger partial charge in [-0.3, -0.25) is 0 Å². The average molecular weight is 262 g/mol. The zero-order valence-corrected chi connectivity index (χ0v) is 11.3. The summed E-state index contributed by atoms with van der Waals surface area (Å²) in [7, 11) is 0. The van der Waals surface area contributed by atoms with Crippen molar-refractivity contribution in [1.82, 2.24) is 0 Å². The highest BCUT2D eigenvalue weighted by molar-refractivity contribution is 8.67. The highest BCUT2D eigenvalue weighted by Gasteiger charge is 2.14. The van der Waals surface area contributed by atoms with Crippen LogP contribution in [0.4, 0.5) is 0 Å². The van der Waals surface area contributed by atoms with E-state index >= 15 is 0 Å². The van der Waals surface area contributed by atoms with Gasteiger partial charge in [0, 0.05) is 4.90 Å². The second-order valence-corrected chi connectivity index (χ2v) is 9.08. The normalized spacial score (nSPS) is 11.7. The maximum Gasteiger partial charge on any atom is 0.246 e. The maximum atomic E-state index is 9.30. The highest BCUT2D eigenvalue weighted by atomic mass is 32.9. The third-order valence-electron chi connectivity index (χ3n) is 2.18. The van der Waals surface area contributed by atoms with Gasteiger partial charge in [0.05, 0.1) is 0 Å². The topological polar surface area (TPSA) is 40.5 Å². The quantitative estimate of drug-likeness (QED) is 0.818. The van der Waals surface area contributed by atoms with Gasteiger partial charge < -0.3 is 9.79 Å². The predicted octanol–water partition coefficient (Wildman–Crippen LogP) is 3.11. The van der Waals surface area contributed by atoms with Crippen LogP contribution in [0, 0.1) is 0 Å². The van der Waals surface area contributed by atoms with E-state index < -0.39 is 5.69 Å². The van der Waals surface area contributed by atoms with Crippen LogP contribution in [0.25, 0.3) is 0 Å². The molecule has 0 aromatic heterocycles. The van der Waals surface area contributed by atoms with Gasteiger partial charge in [0.2, 0.25) is 5.69 Å². The summed E-state index contributed by atoms with van der Waals surface area (Å²) in [5, 5.41) is 0. The standard InChI is InChI=1S/C10H15O2PS2/c1-3-8-6-5-7-10(9(8)4-2)15-13(11,12)14/h5-7H,3-4H2,1-2H3,(H2,11,12,14). The van der Waals surface area contributed by atoms with Crippen molar-refractivity contribution < 1.29 is 9.79 Å².